The maximum absolute atomic E-state index is 13.0. The van der Waals surface area contributed by atoms with Crippen LogP contribution in [0.3, 0.4) is 0 Å². The third kappa shape index (κ3) is 3.21. The van der Waals surface area contributed by atoms with E-state index in [4.69, 9.17) is 5.26 Å². The van der Waals surface area contributed by atoms with Gasteiger partial charge in [-0.2, -0.15) is 5.26 Å². The van der Waals surface area contributed by atoms with Crippen LogP contribution in [0, 0.1) is 23.1 Å². The average Bonchev–Trinajstić information content (AvgIpc) is 2.39. The lowest BCUT2D eigenvalue weighted by molar-refractivity contribution is 0.111. The van der Waals surface area contributed by atoms with E-state index >= 15 is 0 Å². The van der Waals surface area contributed by atoms with Crippen molar-refractivity contribution in [3.63, 3.8) is 0 Å². The van der Waals surface area contributed by atoms with Crippen LogP contribution in [0.4, 0.5) is 10.1 Å². The molecular weight excluding hydrogens is 231 g/mol. The van der Waals surface area contributed by atoms with Crippen LogP contribution in [0.15, 0.2) is 18.2 Å². The van der Waals surface area contributed by atoms with E-state index in [-0.39, 0.29) is 6.10 Å². The summed E-state index contributed by atoms with van der Waals surface area (Å²) < 4.78 is 13.0. The molecule has 1 aromatic carbocycles. The molecule has 0 saturated heterocycles. The van der Waals surface area contributed by atoms with Crippen LogP contribution in [0.25, 0.3) is 0 Å². The van der Waals surface area contributed by atoms with E-state index in [1.54, 1.807) is 6.07 Å². The van der Waals surface area contributed by atoms with Gasteiger partial charge in [0.15, 0.2) is 0 Å². The SMILES string of the molecule is N#Cc1cc(F)ccc1NCC1CCC(O)CC1. The zero-order chi connectivity index (χ0) is 13.0. The second kappa shape index (κ2) is 5.83. The molecule has 0 unspecified atom stereocenters. The minimum Gasteiger partial charge on any atom is -0.393 e. The van der Waals surface area contributed by atoms with Gasteiger partial charge >= 0.3 is 0 Å². The van der Waals surface area contributed by atoms with Crippen molar-refractivity contribution in [3.8, 4) is 6.07 Å². The zero-order valence-corrected chi connectivity index (χ0v) is 10.2. The topological polar surface area (TPSA) is 56.0 Å². The molecule has 1 aliphatic carbocycles. The summed E-state index contributed by atoms with van der Waals surface area (Å²) in [6.07, 6.45) is 3.54. The molecule has 0 aromatic heterocycles. The van der Waals surface area contributed by atoms with Gasteiger partial charge in [-0.05, 0) is 49.8 Å². The Hall–Kier alpha value is -1.60. The van der Waals surface area contributed by atoms with Gasteiger partial charge in [-0.15, -0.1) is 0 Å². The summed E-state index contributed by atoms with van der Waals surface area (Å²) in [6.45, 7) is 0.771. The van der Waals surface area contributed by atoms with Crippen molar-refractivity contribution in [1.82, 2.24) is 0 Å². The van der Waals surface area contributed by atoms with E-state index in [1.165, 1.54) is 12.1 Å². The molecule has 1 saturated carbocycles. The van der Waals surface area contributed by atoms with Crippen LogP contribution >= 0.6 is 0 Å². The van der Waals surface area contributed by atoms with E-state index < -0.39 is 5.82 Å². The van der Waals surface area contributed by atoms with Crippen molar-refractivity contribution in [1.29, 1.82) is 5.26 Å². The molecular formula is C14H17FN2O. The molecule has 4 heteroatoms. The number of halogens is 1. The largest absolute Gasteiger partial charge is 0.393 e. The predicted molar refractivity (Wildman–Crippen MR) is 67.6 cm³/mol. The fourth-order valence-electron chi connectivity index (χ4n) is 2.37. The number of nitriles is 1. The Bertz CT molecular complexity index is 448. The van der Waals surface area contributed by atoms with Gasteiger partial charge in [0.25, 0.3) is 0 Å². The molecule has 1 aromatic rings. The monoisotopic (exact) mass is 248 g/mol. The van der Waals surface area contributed by atoms with Crippen LogP contribution in [0.2, 0.25) is 0 Å². The third-order valence-corrected chi connectivity index (χ3v) is 3.50. The number of nitrogens with zero attached hydrogens (tertiary/aromatic N) is 1. The summed E-state index contributed by atoms with van der Waals surface area (Å²) in [5.74, 6) is 0.128. The lowest BCUT2D eigenvalue weighted by atomic mass is 9.87. The molecule has 0 heterocycles. The second-order valence-corrected chi connectivity index (χ2v) is 4.86. The molecule has 0 radical (unpaired) electrons. The Labute approximate surface area is 106 Å². The Morgan fingerprint density at radius 3 is 2.72 bits per heavy atom. The maximum Gasteiger partial charge on any atom is 0.124 e. The predicted octanol–water partition coefficient (Wildman–Crippen LogP) is 2.66. The molecule has 1 fully saturated rings. The van der Waals surface area contributed by atoms with Gasteiger partial charge in [0.2, 0.25) is 0 Å². The fraction of sp³-hybridized carbons (Fsp3) is 0.500. The van der Waals surface area contributed by atoms with Gasteiger partial charge in [0, 0.05) is 6.54 Å². The molecule has 0 spiro atoms. The van der Waals surface area contributed by atoms with Crippen molar-refractivity contribution in [2.24, 2.45) is 5.92 Å². The first kappa shape index (κ1) is 12.8. The number of benzene rings is 1. The van der Waals surface area contributed by atoms with Crippen molar-refractivity contribution in [2.75, 3.05) is 11.9 Å². The summed E-state index contributed by atoms with van der Waals surface area (Å²) in [6, 6.07) is 6.19. The lowest BCUT2D eigenvalue weighted by Crippen LogP contribution is -2.23. The van der Waals surface area contributed by atoms with Crippen molar-refractivity contribution in [3.05, 3.63) is 29.6 Å². The van der Waals surface area contributed by atoms with Crippen LogP contribution in [-0.4, -0.2) is 17.8 Å². The molecule has 0 atom stereocenters. The molecule has 2 rings (SSSR count). The van der Waals surface area contributed by atoms with E-state index in [2.05, 4.69) is 5.32 Å². The van der Waals surface area contributed by atoms with E-state index in [1.807, 2.05) is 6.07 Å². The highest BCUT2D eigenvalue weighted by molar-refractivity contribution is 5.57. The summed E-state index contributed by atoms with van der Waals surface area (Å²) in [7, 11) is 0. The minimum absolute atomic E-state index is 0.151. The number of rotatable bonds is 3. The Morgan fingerprint density at radius 2 is 2.06 bits per heavy atom. The minimum atomic E-state index is -0.391. The first-order valence-electron chi connectivity index (χ1n) is 6.30. The zero-order valence-electron chi connectivity index (χ0n) is 10.2. The van der Waals surface area contributed by atoms with Gasteiger partial charge in [0.1, 0.15) is 11.9 Å². The van der Waals surface area contributed by atoms with Crippen LogP contribution in [0.1, 0.15) is 31.2 Å². The quantitative estimate of drug-likeness (QED) is 0.864. The van der Waals surface area contributed by atoms with E-state index in [0.29, 0.717) is 17.2 Å². The second-order valence-electron chi connectivity index (χ2n) is 4.86. The van der Waals surface area contributed by atoms with Crippen LogP contribution in [0.5, 0.6) is 0 Å². The molecule has 3 nitrogen and oxygen atoms in total. The van der Waals surface area contributed by atoms with E-state index in [9.17, 15) is 9.50 Å². The van der Waals surface area contributed by atoms with Gasteiger partial charge in [0.05, 0.1) is 17.4 Å². The lowest BCUT2D eigenvalue weighted by Gasteiger charge is -2.25. The molecule has 96 valence electrons. The van der Waals surface area contributed by atoms with Gasteiger partial charge < -0.3 is 10.4 Å². The number of anilines is 1. The van der Waals surface area contributed by atoms with Crippen LogP contribution < -0.4 is 5.32 Å². The number of nitrogens with one attached hydrogen (secondary N) is 1. The third-order valence-electron chi connectivity index (χ3n) is 3.50. The highest BCUT2D eigenvalue weighted by Gasteiger charge is 2.19. The smallest absolute Gasteiger partial charge is 0.124 e. The highest BCUT2D eigenvalue weighted by atomic mass is 19.1. The van der Waals surface area contributed by atoms with Crippen LogP contribution in [-0.2, 0) is 0 Å². The Morgan fingerprint density at radius 1 is 1.33 bits per heavy atom. The van der Waals surface area contributed by atoms with Gasteiger partial charge in [-0.25, -0.2) is 4.39 Å². The average molecular weight is 248 g/mol. The highest BCUT2D eigenvalue weighted by Crippen LogP contribution is 2.25. The summed E-state index contributed by atoms with van der Waals surface area (Å²) in [5.41, 5.74) is 1.02. The maximum atomic E-state index is 13.0. The fourth-order valence-corrected chi connectivity index (χ4v) is 2.37. The number of aliphatic hydroxyl groups excluding tert-OH is 1. The normalized spacial score (nSPS) is 23.4. The number of hydrogen-bond acceptors (Lipinski definition) is 3. The van der Waals surface area contributed by atoms with Crippen molar-refractivity contribution >= 4 is 5.69 Å². The molecule has 0 bridgehead atoms. The summed E-state index contributed by atoms with van der Waals surface area (Å²) in [4.78, 5) is 0. The van der Waals surface area contributed by atoms with Gasteiger partial charge in [-0.3, -0.25) is 0 Å². The number of hydrogen-bond donors (Lipinski definition) is 2. The Balaban J connectivity index is 1.92. The molecule has 2 N–H and O–H groups in total. The van der Waals surface area contributed by atoms with E-state index in [0.717, 1.165) is 32.2 Å². The standard InChI is InChI=1S/C14H17FN2O/c15-12-3-6-14(11(7-12)8-16)17-9-10-1-4-13(18)5-2-10/h3,6-7,10,13,17-18H,1-2,4-5,9H2. The number of aliphatic hydroxyl groups is 1. The first-order chi connectivity index (χ1) is 8.69. The summed E-state index contributed by atoms with van der Waals surface area (Å²) >= 11 is 0. The molecule has 18 heavy (non-hydrogen) atoms. The molecule has 0 amide bonds. The van der Waals surface area contributed by atoms with Crippen molar-refractivity contribution in [2.45, 2.75) is 31.8 Å². The van der Waals surface area contributed by atoms with Gasteiger partial charge in [-0.1, -0.05) is 0 Å². The van der Waals surface area contributed by atoms with Crippen molar-refractivity contribution < 1.29 is 9.50 Å². The summed E-state index contributed by atoms with van der Waals surface area (Å²) in [5, 5.41) is 21.5. The molecule has 0 aliphatic heterocycles. The first-order valence-corrected chi connectivity index (χ1v) is 6.30. The molecule has 1 aliphatic rings. The Kier molecular flexibility index (Phi) is 4.16.